The monoisotopic (exact) mass is 222 g/mol. The Hall–Kier alpha value is -0.350. The van der Waals surface area contributed by atoms with Crippen molar-refractivity contribution >= 4 is 12.4 Å². The third kappa shape index (κ3) is 6.16. The van der Waals surface area contributed by atoms with Crippen molar-refractivity contribution in [2.45, 2.75) is 6.10 Å². The fraction of sp³-hybridized carbons (Fsp3) is 0.600. The van der Waals surface area contributed by atoms with E-state index >= 15 is 0 Å². The molecule has 0 fully saturated rings. The molecule has 0 spiro atoms. The van der Waals surface area contributed by atoms with E-state index in [1.54, 1.807) is 0 Å². The summed E-state index contributed by atoms with van der Waals surface area (Å²) in [5, 5.41) is 18.0. The first-order valence-corrected chi connectivity index (χ1v) is 4.42. The summed E-state index contributed by atoms with van der Waals surface area (Å²) >= 11 is 0. The van der Waals surface area contributed by atoms with Crippen molar-refractivity contribution in [3.05, 3.63) is 25.3 Å². The lowest BCUT2D eigenvalue weighted by Gasteiger charge is -2.33. The second-order valence-electron chi connectivity index (χ2n) is 3.58. The Morgan fingerprint density at radius 1 is 1.29 bits per heavy atom. The fourth-order valence-electron chi connectivity index (χ4n) is 1.41. The van der Waals surface area contributed by atoms with Gasteiger partial charge >= 0.3 is 0 Å². The van der Waals surface area contributed by atoms with Gasteiger partial charge in [0, 0.05) is 0 Å². The Morgan fingerprint density at radius 2 is 1.71 bits per heavy atom. The molecule has 0 heterocycles. The van der Waals surface area contributed by atoms with Gasteiger partial charge in [0.25, 0.3) is 0 Å². The summed E-state index contributed by atoms with van der Waals surface area (Å²) in [5.41, 5.74) is 0. The maximum absolute atomic E-state index is 9.31. The third-order valence-electron chi connectivity index (χ3n) is 2.00. The first kappa shape index (κ1) is 16.1. The van der Waals surface area contributed by atoms with Crippen LogP contribution in [0.15, 0.2) is 25.3 Å². The topological polar surface area (TPSA) is 40.5 Å². The summed E-state index contributed by atoms with van der Waals surface area (Å²) in [6.45, 7) is 9.20. The van der Waals surface area contributed by atoms with Crippen LogP contribution in [0.1, 0.15) is 0 Å². The van der Waals surface area contributed by atoms with Crippen LogP contribution >= 0.6 is 12.4 Å². The molecule has 4 heteroatoms. The average molecular weight is 223 g/mol. The molecule has 0 saturated carbocycles. The Morgan fingerprint density at radius 3 is 2.00 bits per heavy atom. The minimum atomic E-state index is -0.662. The quantitative estimate of drug-likeness (QED) is 0.489. The highest BCUT2D eigenvalue weighted by atomic mass is 35.5. The normalized spacial score (nSPS) is 12.8. The first-order valence-electron chi connectivity index (χ1n) is 4.42. The molecule has 1 atom stereocenters. The van der Waals surface area contributed by atoms with Crippen LogP contribution in [0.4, 0.5) is 0 Å². The minimum Gasteiger partial charge on any atom is -0.393 e. The van der Waals surface area contributed by atoms with E-state index in [0.717, 1.165) is 13.1 Å². The Bertz CT molecular complexity index is 164. The molecule has 84 valence electrons. The summed E-state index contributed by atoms with van der Waals surface area (Å²) in [5.74, 6) is 0. The standard InChI is InChI=1S/C10H20NO2.ClH/c1-4-6-11(3,7-5-2)8-10(13)9-12;/h4-5,10,12-13H,1-2,6-9H2,3H3;1H/q+1;. The third-order valence-corrected chi connectivity index (χ3v) is 2.00. The van der Waals surface area contributed by atoms with Gasteiger partial charge in [0.05, 0.1) is 26.7 Å². The molecule has 2 N–H and O–H groups in total. The second kappa shape index (κ2) is 8.00. The highest BCUT2D eigenvalue weighted by Gasteiger charge is 2.22. The molecule has 0 aliphatic heterocycles. The van der Waals surface area contributed by atoms with E-state index in [1.165, 1.54) is 0 Å². The molecule has 0 aliphatic carbocycles. The van der Waals surface area contributed by atoms with Gasteiger partial charge in [-0.1, -0.05) is 13.2 Å². The van der Waals surface area contributed by atoms with Crippen molar-refractivity contribution in [2.24, 2.45) is 0 Å². The predicted octanol–water partition coefficient (Wildman–Crippen LogP) is 0.580. The van der Waals surface area contributed by atoms with Crippen molar-refractivity contribution in [1.29, 1.82) is 0 Å². The van der Waals surface area contributed by atoms with Crippen LogP contribution in [0.2, 0.25) is 0 Å². The van der Waals surface area contributed by atoms with Crippen LogP contribution in [-0.4, -0.2) is 54.1 Å². The highest BCUT2D eigenvalue weighted by molar-refractivity contribution is 5.85. The maximum atomic E-state index is 9.31. The van der Waals surface area contributed by atoms with E-state index in [1.807, 2.05) is 19.2 Å². The SMILES string of the molecule is C=CC[N+](C)(CC=C)CC(O)CO.Cl. The number of quaternary nitrogens is 1. The summed E-state index contributed by atoms with van der Waals surface area (Å²) < 4.78 is 0.634. The summed E-state index contributed by atoms with van der Waals surface area (Å²) in [6, 6.07) is 0. The van der Waals surface area contributed by atoms with E-state index in [9.17, 15) is 5.11 Å². The summed E-state index contributed by atoms with van der Waals surface area (Å²) in [6.07, 6.45) is 2.96. The number of aliphatic hydroxyl groups is 2. The van der Waals surface area contributed by atoms with Crippen LogP contribution in [0, 0.1) is 0 Å². The van der Waals surface area contributed by atoms with Gasteiger partial charge in [-0.3, -0.25) is 0 Å². The largest absolute Gasteiger partial charge is 0.393 e. The van der Waals surface area contributed by atoms with Gasteiger partial charge in [-0.25, -0.2) is 0 Å². The molecule has 0 aromatic carbocycles. The van der Waals surface area contributed by atoms with E-state index in [2.05, 4.69) is 13.2 Å². The van der Waals surface area contributed by atoms with Crippen LogP contribution < -0.4 is 0 Å². The maximum Gasteiger partial charge on any atom is 0.126 e. The molecule has 0 rings (SSSR count). The van der Waals surface area contributed by atoms with Crippen molar-refractivity contribution in [2.75, 3.05) is 33.3 Å². The van der Waals surface area contributed by atoms with Crippen LogP contribution in [0.5, 0.6) is 0 Å². The van der Waals surface area contributed by atoms with Gasteiger partial charge in [0.15, 0.2) is 0 Å². The molecule has 1 unspecified atom stereocenters. The molecule has 14 heavy (non-hydrogen) atoms. The number of hydrogen-bond acceptors (Lipinski definition) is 2. The predicted molar refractivity (Wildman–Crippen MR) is 61.5 cm³/mol. The van der Waals surface area contributed by atoms with Gasteiger partial charge in [-0.05, 0) is 12.2 Å². The zero-order chi connectivity index (χ0) is 10.3. The molecule has 0 aliphatic rings. The second-order valence-corrected chi connectivity index (χ2v) is 3.58. The zero-order valence-corrected chi connectivity index (χ0v) is 9.54. The van der Waals surface area contributed by atoms with Gasteiger partial charge < -0.3 is 14.7 Å². The lowest BCUT2D eigenvalue weighted by Crippen LogP contribution is -2.49. The van der Waals surface area contributed by atoms with E-state index < -0.39 is 6.10 Å². The van der Waals surface area contributed by atoms with Crippen LogP contribution in [-0.2, 0) is 0 Å². The van der Waals surface area contributed by atoms with Gasteiger partial charge in [0.1, 0.15) is 12.6 Å². The van der Waals surface area contributed by atoms with Gasteiger partial charge in [0.2, 0.25) is 0 Å². The number of hydrogen-bond donors (Lipinski definition) is 2. The molecular weight excluding hydrogens is 202 g/mol. The van der Waals surface area contributed by atoms with Crippen LogP contribution in [0.3, 0.4) is 0 Å². The first-order chi connectivity index (χ1) is 6.08. The lowest BCUT2D eigenvalue weighted by atomic mass is 10.2. The Balaban J connectivity index is 0. The fourth-order valence-corrected chi connectivity index (χ4v) is 1.41. The molecule has 0 aromatic heterocycles. The number of aliphatic hydroxyl groups excluding tert-OH is 2. The van der Waals surface area contributed by atoms with Crippen LogP contribution in [0.25, 0.3) is 0 Å². The number of halogens is 1. The lowest BCUT2D eigenvalue weighted by molar-refractivity contribution is -0.901. The van der Waals surface area contributed by atoms with Crippen molar-refractivity contribution in [3.63, 3.8) is 0 Å². The number of likely N-dealkylation sites (N-methyl/N-ethyl adjacent to an activating group) is 1. The molecular formula is C10H21ClNO2+. The Kier molecular flexibility index (Phi) is 9.20. The van der Waals surface area contributed by atoms with Gasteiger partial charge in [-0.2, -0.15) is 0 Å². The zero-order valence-electron chi connectivity index (χ0n) is 8.72. The number of nitrogens with zero attached hydrogens (tertiary/aromatic N) is 1. The Labute approximate surface area is 92.4 Å². The van der Waals surface area contributed by atoms with Crippen molar-refractivity contribution in [1.82, 2.24) is 0 Å². The van der Waals surface area contributed by atoms with Crippen molar-refractivity contribution in [3.8, 4) is 0 Å². The van der Waals surface area contributed by atoms with Crippen molar-refractivity contribution < 1.29 is 14.7 Å². The summed E-state index contributed by atoms with van der Waals surface area (Å²) in [4.78, 5) is 0. The van der Waals surface area contributed by atoms with Gasteiger partial charge in [-0.15, -0.1) is 12.4 Å². The summed E-state index contributed by atoms with van der Waals surface area (Å²) in [7, 11) is 2.00. The number of rotatable bonds is 7. The smallest absolute Gasteiger partial charge is 0.126 e. The molecule has 0 bridgehead atoms. The minimum absolute atomic E-state index is 0. The van der Waals surface area contributed by atoms with E-state index in [0.29, 0.717) is 11.0 Å². The molecule has 0 aromatic rings. The molecule has 0 radical (unpaired) electrons. The highest BCUT2D eigenvalue weighted by Crippen LogP contribution is 2.04. The molecule has 0 amide bonds. The van der Waals surface area contributed by atoms with E-state index in [-0.39, 0.29) is 19.0 Å². The van der Waals surface area contributed by atoms with E-state index in [4.69, 9.17) is 5.11 Å². The average Bonchev–Trinajstić information content (AvgIpc) is 2.04. The molecule has 3 nitrogen and oxygen atoms in total. The molecule has 0 saturated heterocycles.